The molecule has 1 fully saturated rings. The Balaban J connectivity index is 0.00000288. The first-order valence-electron chi connectivity index (χ1n) is 7.95. The highest BCUT2D eigenvalue weighted by molar-refractivity contribution is 7.89. The SMILES string of the molecule is Cl.N#Cc1cc(S(=O)(=O)NCCNC2CCCCCC2)ccc1F. The number of nitrogens with zero attached hydrogens (tertiary/aromatic N) is 1. The molecule has 0 unspecified atom stereocenters. The summed E-state index contributed by atoms with van der Waals surface area (Å²) in [5, 5.41) is 12.2. The van der Waals surface area contributed by atoms with Crippen LogP contribution in [0.25, 0.3) is 0 Å². The summed E-state index contributed by atoms with van der Waals surface area (Å²) in [5.74, 6) is -0.721. The summed E-state index contributed by atoms with van der Waals surface area (Å²) in [6.07, 6.45) is 7.26. The third-order valence-electron chi connectivity index (χ3n) is 4.07. The normalized spacial score (nSPS) is 16.0. The summed E-state index contributed by atoms with van der Waals surface area (Å²) in [7, 11) is -3.73. The van der Waals surface area contributed by atoms with Crippen LogP contribution in [0.4, 0.5) is 4.39 Å². The van der Waals surface area contributed by atoms with Crippen molar-refractivity contribution >= 4 is 22.4 Å². The number of sulfonamides is 1. The first-order valence-corrected chi connectivity index (χ1v) is 9.44. The lowest BCUT2D eigenvalue weighted by Gasteiger charge is -2.16. The molecule has 0 bridgehead atoms. The first kappa shape index (κ1) is 20.8. The van der Waals surface area contributed by atoms with Crippen LogP contribution >= 0.6 is 12.4 Å². The fraction of sp³-hybridized carbons (Fsp3) is 0.562. The van der Waals surface area contributed by atoms with E-state index in [1.165, 1.54) is 25.7 Å². The van der Waals surface area contributed by atoms with Crippen LogP contribution in [0.1, 0.15) is 44.1 Å². The molecule has 0 atom stereocenters. The molecule has 0 heterocycles. The molecule has 0 saturated heterocycles. The molecule has 8 heteroatoms. The summed E-state index contributed by atoms with van der Waals surface area (Å²) < 4.78 is 40.0. The highest BCUT2D eigenvalue weighted by Crippen LogP contribution is 2.17. The molecule has 1 aliphatic rings. The second-order valence-electron chi connectivity index (χ2n) is 5.79. The maximum atomic E-state index is 13.3. The van der Waals surface area contributed by atoms with Gasteiger partial charge in [0, 0.05) is 19.1 Å². The quantitative estimate of drug-likeness (QED) is 0.591. The average Bonchev–Trinajstić information content (AvgIpc) is 2.80. The summed E-state index contributed by atoms with van der Waals surface area (Å²) in [4.78, 5) is -0.0927. The largest absolute Gasteiger partial charge is 0.313 e. The monoisotopic (exact) mass is 375 g/mol. The standard InChI is InChI=1S/C16H22FN3O2S.ClH/c17-16-8-7-15(11-13(16)12-18)23(21,22)20-10-9-19-14-5-3-1-2-4-6-14;/h7-8,11,14,19-20H,1-6,9-10H2;1H. The smallest absolute Gasteiger partial charge is 0.240 e. The Labute approximate surface area is 149 Å². The molecule has 2 rings (SSSR count). The molecule has 1 aliphatic carbocycles. The topological polar surface area (TPSA) is 82.0 Å². The molecule has 0 spiro atoms. The number of hydrogen-bond donors (Lipinski definition) is 2. The molecule has 1 saturated carbocycles. The zero-order chi connectivity index (χ0) is 16.7. The molecule has 1 aromatic rings. The Bertz CT molecular complexity index is 668. The van der Waals surface area contributed by atoms with E-state index in [4.69, 9.17) is 5.26 Å². The molecular weight excluding hydrogens is 353 g/mol. The van der Waals surface area contributed by atoms with E-state index in [1.807, 2.05) is 0 Å². The van der Waals surface area contributed by atoms with Gasteiger partial charge in [0.25, 0.3) is 0 Å². The van der Waals surface area contributed by atoms with Crippen molar-refractivity contribution in [2.45, 2.75) is 49.5 Å². The number of rotatable bonds is 6. The van der Waals surface area contributed by atoms with E-state index in [-0.39, 0.29) is 29.4 Å². The first-order chi connectivity index (χ1) is 11.0. The number of benzene rings is 1. The van der Waals surface area contributed by atoms with Gasteiger partial charge in [0.2, 0.25) is 10.0 Å². The summed E-state index contributed by atoms with van der Waals surface area (Å²) >= 11 is 0. The van der Waals surface area contributed by atoms with Crippen LogP contribution in [0.2, 0.25) is 0 Å². The summed E-state index contributed by atoms with van der Waals surface area (Å²) in [6, 6.07) is 5.31. The van der Waals surface area contributed by atoms with Crippen LogP contribution in [0.15, 0.2) is 23.1 Å². The van der Waals surface area contributed by atoms with Gasteiger partial charge in [0.05, 0.1) is 10.5 Å². The summed E-state index contributed by atoms with van der Waals surface area (Å²) in [5.41, 5.74) is -0.274. The van der Waals surface area contributed by atoms with Crippen molar-refractivity contribution in [2.24, 2.45) is 0 Å². The van der Waals surface area contributed by atoms with E-state index in [9.17, 15) is 12.8 Å². The van der Waals surface area contributed by atoms with Crippen LogP contribution in [0.3, 0.4) is 0 Å². The highest BCUT2D eigenvalue weighted by atomic mass is 35.5. The highest BCUT2D eigenvalue weighted by Gasteiger charge is 2.16. The van der Waals surface area contributed by atoms with E-state index in [1.54, 1.807) is 6.07 Å². The lowest BCUT2D eigenvalue weighted by molar-refractivity contribution is 0.461. The van der Waals surface area contributed by atoms with Gasteiger partial charge in [-0.05, 0) is 31.0 Å². The van der Waals surface area contributed by atoms with Crippen molar-refractivity contribution in [3.63, 3.8) is 0 Å². The number of halogens is 2. The van der Waals surface area contributed by atoms with Gasteiger partial charge in [-0.1, -0.05) is 25.7 Å². The number of hydrogen-bond acceptors (Lipinski definition) is 4. The molecule has 134 valence electrons. The van der Waals surface area contributed by atoms with Gasteiger partial charge in [0.15, 0.2) is 0 Å². The molecule has 2 N–H and O–H groups in total. The maximum absolute atomic E-state index is 13.3. The van der Waals surface area contributed by atoms with Gasteiger partial charge in [-0.15, -0.1) is 12.4 Å². The number of nitriles is 1. The van der Waals surface area contributed by atoms with Crippen molar-refractivity contribution in [3.05, 3.63) is 29.6 Å². The molecule has 5 nitrogen and oxygen atoms in total. The minimum absolute atomic E-state index is 0. The third kappa shape index (κ3) is 6.02. The lowest BCUT2D eigenvalue weighted by atomic mass is 10.1. The molecular formula is C16H23ClFN3O2S. The minimum Gasteiger partial charge on any atom is -0.313 e. The Morgan fingerprint density at radius 3 is 2.46 bits per heavy atom. The Hall–Kier alpha value is -1.20. The van der Waals surface area contributed by atoms with Crippen molar-refractivity contribution in [2.75, 3.05) is 13.1 Å². The van der Waals surface area contributed by atoms with Crippen molar-refractivity contribution in [1.82, 2.24) is 10.0 Å². The van der Waals surface area contributed by atoms with Crippen LogP contribution in [-0.4, -0.2) is 27.5 Å². The fourth-order valence-electron chi connectivity index (χ4n) is 2.79. The Kier molecular flexibility index (Phi) is 8.63. The van der Waals surface area contributed by atoms with Crippen molar-refractivity contribution in [3.8, 4) is 6.07 Å². The van der Waals surface area contributed by atoms with Gasteiger partial charge in [-0.25, -0.2) is 17.5 Å². The van der Waals surface area contributed by atoms with E-state index in [0.717, 1.165) is 31.0 Å². The molecule has 0 amide bonds. The van der Waals surface area contributed by atoms with Gasteiger partial charge < -0.3 is 5.32 Å². The van der Waals surface area contributed by atoms with Gasteiger partial charge in [0.1, 0.15) is 11.9 Å². The van der Waals surface area contributed by atoms with E-state index in [0.29, 0.717) is 12.6 Å². The minimum atomic E-state index is -3.73. The second-order valence-corrected chi connectivity index (χ2v) is 7.56. The van der Waals surface area contributed by atoms with Gasteiger partial charge in [-0.2, -0.15) is 5.26 Å². The van der Waals surface area contributed by atoms with Crippen molar-refractivity contribution < 1.29 is 12.8 Å². The van der Waals surface area contributed by atoms with Crippen LogP contribution in [-0.2, 0) is 10.0 Å². The predicted octanol–water partition coefficient (Wildman–Crippen LogP) is 2.71. The van der Waals surface area contributed by atoms with E-state index >= 15 is 0 Å². The number of nitrogens with one attached hydrogen (secondary N) is 2. The summed E-state index contributed by atoms with van der Waals surface area (Å²) in [6.45, 7) is 0.814. The third-order valence-corrected chi connectivity index (χ3v) is 5.53. The zero-order valence-corrected chi connectivity index (χ0v) is 15.1. The van der Waals surface area contributed by atoms with Crippen LogP contribution in [0.5, 0.6) is 0 Å². The predicted molar refractivity (Wildman–Crippen MR) is 93.0 cm³/mol. The fourth-order valence-corrected chi connectivity index (χ4v) is 3.84. The molecule has 0 radical (unpaired) electrons. The zero-order valence-electron chi connectivity index (χ0n) is 13.4. The van der Waals surface area contributed by atoms with E-state index < -0.39 is 15.8 Å². The molecule has 0 aliphatic heterocycles. The average molecular weight is 376 g/mol. The molecule has 24 heavy (non-hydrogen) atoms. The van der Waals surface area contributed by atoms with Crippen LogP contribution < -0.4 is 10.0 Å². The van der Waals surface area contributed by atoms with Crippen molar-refractivity contribution in [1.29, 1.82) is 5.26 Å². The second kappa shape index (κ2) is 9.94. The molecule has 0 aromatic heterocycles. The van der Waals surface area contributed by atoms with Gasteiger partial charge >= 0.3 is 0 Å². The Morgan fingerprint density at radius 2 is 1.83 bits per heavy atom. The molecule has 1 aromatic carbocycles. The Morgan fingerprint density at radius 1 is 1.17 bits per heavy atom. The van der Waals surface area contributed by atoms with Gasteiger partial charge in [-0.3, -0.25) is 0 Å². The van der Waals surface area contributed by atoms with Crippen LogP contribution in [0, 0.1) is 17.1 Å². The maximum Gasteiger partial charge on any atom is 0.240 e. The van der Waals surface area contributed by atoms with E-state index in [2.05, 4.69) is 10.0 Å². The lowest BCUT2D eigenvalue weighted by Crippen LogP contribution is -2.36.